The summed E-state index contributed by atoms with van der Waals surface area (Å²) >= 11 is 0. The number of rotatable bonds is 1. The third kappa shape index (κ3) is 3.73. The van der Waals surface area contributed by atoms with Crippen molar-refractivity contribution in [3.63, 3.8) is 0 Å². The number of carbonyl (C=O) groups excluding carboxylic acids is 2. The lowest BCUT2D eigenvalue weighted by Gasteiger charge is -2.17. The Morgan fingerprint density at radius 3 is 2.54 bits per heavy atom. The number of carbonyl (C=O) groups is 2. The molecule has 0 spiro atoms. The summed E-state index contributed by atoms with van der Waals surface area (Å²) in [6.45, 7) is 0.226. The molecule has 2 saturated heterocycles. The summed E-state index contributed by atoms with van der Waals surface area (Å²) in [5.41, 5.74) is 4.97. The van der Waals surface area contributed by atoms with E-state index < -0.39 is 18.0 Å². The molecule has 1 aromatic heterocycles. The molecule has 3 rings (SSSR count). The number of aromatic nitrogens is 2. The van der Waals surface area contributed by atoms with Crippen molar-refractivity contribution in [1.82, 2.24) is 9.55 Å². The Balaban J connectivity index is 1.76. The van der Waals surface area contributed by atoms with Gasteiger partial charge in [-0.15, -0.1) is 0 Å². The van der Waals surface area contributed by atoms with E-state index in [1.165, 1.54) is 16.8 Å². The number of ether oxygens (including phenoxy) is 3. The van der Waals surface area contributed by atoms with Gasteiger partial charge in [-0.3, -0.25) is 14.2 Å². The first kappa shape index (κ1) is 16.4. The number of nitrogen functional groups attached to an aromatic ring is 1. The number of fused-ring (bicyclic) bond motifs is 1. The van der Waals surface area contributed by atoms with E-state index in [-0.39, 0.29) is 49.7 Å². The molecule has 0 amide bonds. The second-order valence-corrected chi connectivity index (χ2v) is 5.89. The van der Waals surface area contributed by atoms with Crippen molar-refractivity contribution in [3.8, 4) is 0 Å². The highest BCUT2D eigenvalue weighted by atomic mass is 16.6. The smallest absolute Gasteiger partial charge is 0.351 e. The van der Waals surface area contributed by atoms with Crippen molar-refractivity contribution in [2.24, 2.45) is 5.92 Å². The van der Waals surface area contributed by atoms with Gasteiger partial charge in [0, 0.05) is 31.4 Å². The lowest BCUT2D eigenvalue weighted by Crippen LogP contribution is -2.29. The van der Waals surface area contributed by atoms with E-state index in [0.29, 0.717) is 12.8 Å². The van der Waals surface area contributed by atoms with E-state index >= 15 is 0 Å². The number of esters is 2. The van der Waals surface area contributed by atoms with Crippen LogP contribution in [0.1, 0.15) is 31.9 Å². The second-order valence-electron chi connectivity index (χ2n) is 5.89. The van der Waals surface area contributed by atoms with Crippen LogP contribution in [0.5, 0.6) is 0 Å². The van der Waals surface area contributed by atoms with Crippen LogP contribution >= 0.6 is 0 Å². The minimum absolute atomic E-state index is 0.0642. The van der Waals surface area contributed by atoms with Crippen LogP contribution in [-0.4, -0.2) is 40.8 Å². The molecule has 3 heterocycles. The average Bonchev–Trinajstić information content (AvgIpc) is 2.92. The summed E-state index contributed by atoms with van der Waals surface area (Å²) in [7, 11) is 0. The van der Waals surface area contributed by atoms with Gasteiger partial charge in [-0.2, -0.15) is 4.98 Å². The van der Waals surface area contributed by atoms with Crippen molar-refractivity contribution in [1.29, 1.82) is 0 Å². The van der Waals surface area contributed by atoms with Crippen molar-refractivity contribution in [2.45, 2.75) is 38.0 Å². The van der Waals surface area contributed by atoms with E-state index in [2.05, 4.69) is 4.98 Å². The number of cyclic esters (lactones) is 2. The van der Waals surface area contributed by atoms with Gasteiger partial charge in [0.15, 0.2) is 0 Å². The van der Waals surface area contributed by atoms with E-state index in [9.17, 15) is 14.4 Å². The van der Waals surface area contributed by atoms with Crippen LogP contribution in [0.25, 0.3) is 0 Å². The van der Waals surface area contributed by atoms with Crippen LogP contribution in [0.4, 0.5) is 5.82 Å². The van der Waals surface area contributed by atoms with Gasteiger partial charge in [0.05, 0.1) is 6.61 Å². The van der Waals surface area contributed by atoms with Crippen LogP contribution in [-0.2, 0) is 23.8 Å². The van der Waals surface area contributed by atoms with Crippen LogP contribution < -0.4 is 11.4 Å². The lowest BCUT2D eigenvalue weighted by atomic mass is 10.0. The minimum atomic E-state index is -0.569. The number of hydrogen-bond acceptors (Lipinski definition) is 8. The molecule has 9 nitrogen and oxygen atoms in total. The van der Waals surface area contributed by atoms with E-state index in [1.54, 1.807) is 0 Å². The maximum Gasteiger partial charge on any atom is 0.351 e. The number of hydrogen-bond donors (Lipinski definition) is 1. The highest BCUT2D eigenvalue weighted by molar-refractivity contribution is 5.72. The maximum absolute atomic E-state index is 11.9. The molecule has 3 atom stereocenters. The van der Waals surface area contributed by atoms with E-state index in [1.807, 2.05) is 0 Å². The molecule has 2 aliphatic rings. The van der Waals surface area contributed by atoms with Gasteiger partial charge >= 0.3 is 17.6 Å². The number of nitrogens with zero attached hydrogens (tertiary/aromatic N) is 2. The largest absolute Gasteiger partial charge is 0.465 e. The first-order valence-corrected chi connectivity index (χ1v) is 7.84. The second kappa shape index (κ2) is 7.00. The van der Waals surface area contributed by atoms with Crippen LogP contribution in [0, 0.1) is 5.92 Å². The normalized spacial score (nSPS) is 28.4. The van der Waals surface area contributed by atoms with Crippen molar-refractivity contribution >= 4 is 17.8 Å². The third-order valence-electron chi connectivity index (χ3n) is 4.15. The zero-order valence-corrected chi connectivity index (χ0v) is 13.1. The first-order chi connectivity index (χ1) is 11.5. The fraction of sp³-hybridized carbons (Fsp3) is 0.600. The summed E-state index contributed by atoms with van der Waals surface area (Å²) in [4.78, 5) is 38.9. The Bertz CT molecular complexity index is 660. The highest BCUT2D eigenvalue weighted by Crippen LogP contribution is 2.33. The summed E-state index contributed by atoms with van der Waals surface area (Å²) in [5.74, 6) is -0.762. The molecular formula is C15H19N3O6. The molecule has 1 aromatic rings. The van der Waals surface area contributed by atoms with Crippen molar-refractivity contribution < 1.29 is 23.8 Å². The van der Waals surface area contributed by atoms with Gasteiger partial charge in [0.1, 0.15) is 24.8 Å². The maximum atomic E-state index is 11.9. The Morgan fingerprint density at radius 2 is 1.83 bits per heavy atom. The van der Waals surface area contributed by atoms with Crippen molar-refractivity contribution in [3.05, 3.63) is 22.7 Å². The fourth-order valence-electron chi connectivity index (χ4n) is 2.85. The molecule has 130 valence electrons. The summed E-state index contributed by atoms with van der Waals surface area (Å²) in [5, 5.41) is 0. The Labute approximate surface area is 137 Å². The molecule has 0 aromatic carbocycles. The third-order valence-corrected chi connectivity index (χ3v) is 4.15. The average molecular weight is 337 g/mol. The minimum Gasteiger partial charge on any atom is -0.465 e. The van der Waals surface area contributed by atoms with Crippen molar-refractivity contribution in [2.75, 3.05) is 18.9 Å². The molecule has 0 saturated carbocycles. The lowest BCUT2D eigenvalue weighted by molar-refractivity contribution is -0.150. The van der Waals surface area contributed by atoms with Gasteiger partial charge in [-0.05, 0) is 12.5 Å². The number of nitrogens with two attached hydrogens (primary N) is 1. The zero-order chi connectivity index (χ0) is 17.1. The SMILES string of the molecule is Nc1ccn(C2CC3COC(=O)CCCC(=O)OCC3O2)c(=O)n1. The van der Waals surface area contributed by atoms with Crippen LogP contribution in [0.3, 0.4) is 0 Å². The summed E-state index contributed by atoms with van der Waals surface area (Å²) < 4.78 is 17.6. The topological polar surface area (TPSA) is 123 Å². The Kier molecular flexibility index (Phi) is 4.79. The summed E-state index contributed by atoms with van der Waals surface area (Å²) in [6.07, 6.45) is 1.69. The van der Waals surface area contributed by atoms with Gasteiger partial charge < -0.3 is 19.9 Å². The van der Waals surface area contributed by atoms with Gasteiger partial charge in [-0.25, -0.2) is 4.79 Å². The quantitative estimate of drug-likeness (QED) is 0.710. The molecule has 0 radical (unpaired) electrons. The van der Waals surface area contributed by atoms with Gasteiger partial charge in [0.25, 0.3) is 0 Å². The summed E-state index contributed by atoms with van der Waals surface area (Å²) in [6, 6.07) is 1.51. The van der Waals surface area contributed by atoms with E-state index in [4.69, 9.17) is 19.9 Å². The Morgan fingerprint density at radius 1 is 1.12 bits per heavy atom. The van der Waals surface area contributed by atoms with Crippen LogP contribution in [0.15, 0.2) is 17.1 Å². The molecule has 2 fully saturated rings. The molecular weight excluding hydrogens is 318 g/mol. The molecule has 2 N–H and O–H groups in total. The predicted octanol–water partition coefficient (Wildman–Crippen LogP) is -0.000500. The Hall–Kier alpha value is -2.42. The van der Waals surface area contributed by atoms with Crippen LogP contribution in [0.2, 0.25) is 0 Å². The van der Waals surface area contributed by atoms with Gasteiger partial charge in [0.2, 0.25) is 0 Å². The number of anilines is 1. The van der Waals surface area contributed by atoms with E-state index in [0.717, 1.165) is 0 Å². The predicted molar refractivity (Wildman–Crippen MR) is 80.7 cm³/mol. The molecule has 3 unspecified atom stereocenters. The fourth-order valence-corrected chi connectivity index (χ4v) is 2.85. The van der Waals surface area contributed by atoms with Gasteiger partial charge in [-0.1, -0.05) is 0 Å². The monoisotopic (exact) mass is 337 g/mol. The molecule has 0 bridgehead atoms. The molecule has 0 aliphatic carbocycles. The molecule has 9 heteroatoms. The standard InChI is InChI=1S/C15H19N3O6/c16-11-4-5-18(15(21)17-11)12-6-9-7-22-13(19)2-1-3-14(20)23-8-10(9)24-12/h4-5,9-10,12H,1-3,6-8H2,(H2,16,17,21). The first-order valence-electron chi connectivity index (χ1n) is 7.84. The molecule has 2 aliphatic heterocycles. The zero-order valence-electron chi connectivity index (χ0n) is 13.1. The molecule has 24 heavy (non-hydrogen) atoms. The highest BCUT2D eigenvalue weighted by Gasteiger charge is 2.38.